The van der Waals surface area contributed by atoms with Crippen LogP contribution in [-0.4, -0.2) is 47.8 Å². The van der Waals surface area contributed by atoms with Gasteiger partial charge in [-0.25, -0.2) is 0 Å². The molecule has 0 aromatic carbocycles. The van der Waals surface area contributed by atoms with Crippen LogP contribution in [0, 0.1) is 17.8 Å². The lowest BCUT2D eigenvalue weighted by molar-refractivity contribution is -0.142. The van der Waals surface area contributed by atoms with Crippen LogP contribution in [0.2, 0.25) is 0 Å². The smallest absolute Gasteiger partial charge is 0.225 e. The summed E-state index contributed by atoms with van der Waals surface area (Å²) in [7, 11) is 0. The zero-order valence-electron chi connectivity index (χ0n) is 13.1. The first-order valence-corrected chi connectivity index (χ1v) is 8.06. The molecular weight excluding hydrogens is 252 g/mol. The lowest BCUT2D eigenvalue weighted by Crippen LogP contribution is -2.47. The summed E-state index contributed by atoms with van der Waals surface area (Å²) >= 11 is 0. The number of amides is 2. The van der Waals surface area contributed by atoms with Gasteiger partial charge in [0.05, 0.1) is 0 Å². The Labute approximate surface area is 122 Å². The first-order valence-electron chi connectivity index (χ1n) is 8.06. The Bertz CT molecular complexity index is 351. The fraction of sp³-hybridized carbons (Fsp3) is 0.875. The molecule has 0 aliphatic carbocycles. The van der Waals surface area contributed by atoms with E-state index in [2.05, 4.69) is 6.92 Å². The summed E-state index contributed by atoms with van der Waals surface area (Å²) in [6.45, 7) is 9.48. The maximum Gasteiger partial charge on any atom is 0.225 e. The maximum absolute atomic E-state index is 12.5. The summed E-state index contributed by atoms with van der Waals surface area (Å²) in [6.07, 6.45) is 3.94. The van der Waals surface area contributed by atoms with Crippen LogP contribution in [0.15, 0.2) is 0 Å². The molecule has 2 heterocycles. The molecule has 2 aliphatic heterocycles. The highest BCUT2D eigenvalue weighted by Gasteiger charge is 2.31. The summed E-state index contributed by atoms with van der Waals surface area (Å²) in [4.78, 5) is 28.4. The van der Waals surface area contributed by atoms with Gasteiger partial charge in [0.2, 0.25) is 11.8 Å². The van der Waals surface area contributed by atoms with Crippen LogP contribution in [0.5, 0.6) is 0 Å². The molecule has 0 spiro atoms. The molecule has 0 atom stereocenters. The molecule has 2 amide bonds. The van der Waals surface area contributed by atoms with Gasteiger partial charge in [-0.2, -0.15) is 0 Å². The molecule has 0 unspecified atom stereocenters. The van der Waals surface area contributed by atoms with Crippen molar-refractivity contribution in [3.63, 3.8) is 0 Å². The van der Waals surface area contributed by atoms with E-state index in [4.69, 9.17) is 0 Å². The molecule has 2 fully saturated rings. The van der Waals surface area contributed by atoms with Gasteiger partial charge in [-0.3, -0.25) is 9.59 Å². The summed E-state index contributed by atoms with van der Waals surface area (Å²) in [5.74, 6) is 1.51. The largest absolute Gasteiger partial charge is 0.342 e. The fourth-order valence-electron chi connectivity index (χ4n) is 3.20. The second kappa shape index (κ2) is 6.59. The van der Waals surface area contributed by atoms with Gasteiger partial charge in [0, 0.05) is 38.0 Å². The van der Waals surface area contributed by atoms with Crippen LogP contribution >= 0.6 is 0 Å². The third kappa shape index (κ3) is 3.53. The van der Waals surface area contributed by atoms with E-state index < -0.39 is 0 Å². The third-order valence-corrected chi connectivity index (χ3v) is 4.75. The summed E-state index contributed by atoms with van der Waals surface area (Å²) < 4.78 is 0. The van der Waals surface area contributed by atoms with Crippen molar-refractivity contribution < 1.29 is 9.59 Å². The number of likely N-dealkylation sites (tertiary alicyclic amines) is 2. The average molecular weight is 280 g/mol. The van der Waals surface area contributed by atoms with E-state index in [1.165, 1.54) is 0 Å². The van der Waals surface area contributed by atoms with Crippen molar-refractivity contribution in [1.29, 1.82) is 0 Å². The molecule has 114 valence electrons. The molecule has 0 aromatic rings. The van der Waals surface area contributed by atoms with Crippen LogP contribution in [0.3, 0.4) is 0 Å². The van der Waals surface area contributed by atoms with Crippen molar-refractivity contribution in [2.45, 2.75) is 46.5 Å². The standard InChI is InChI=1S/C16H28N2O2/c1-12(2)15(19)17-10-6-14(7-11-17)16(20)18-8-4-13(3)5-9-18/h12-14H,4-11H2,1-3H3. The first-order chi connectivity index (χ1) is 9.49. The molecule has 4 heteroatoms. The summed E-state index contributed by atoms with van der Waals surface area (Å²) in [5.41, 5.74) is 0. The van der Waals surface area contributed by atoms with Crippen LogP contribution in [0.25, 0.3) is 0 Å². The quantitative estimate of drug-likeness (QED) is 0.777. The van der Waals surface area contributed by atoms with Gasteiger partial charge in [-0.15, -0.1) is 0 Å². The van der Waals surface area contributed by atoms with Gasteiger partial charge in [0.1, 0.15) is 0 Å². The molecule has 2 aliphatic rings. The van der Waals surface area contributed by atoms with Crippen molar-refractivity contribution >= 4 is 11.8 Å². The highest BCUT2D eigenvalue weighted by Crippen LogP contribution is 2.24. The Hall–Kier alpha value is -1.06. The van der Waals surface area contributed by atoms with E-state index >= 15 is 0 Å². The van der Waals surface area contributed by atoms with Crippen molar-refractivity contribution in [1.82, 2.24) is 9.80 Å². The second-order valence-corrected chi connectivity index (χ2v) is 6.76. The highest BCUT2D eigenvalue weighted by molar-refractivity contribution is 5.81. The number of hydrogen-bond acceptors (Lipinski definition) is 2. The van der Waals surface area contributed by atoms with Gasteiger partial charge in [-0.05, 0) is 31.6 Å². The molecule has 0 saturated carbocycles. The number of carbonyl (C=O) groups is 2. The van der Waals surface area contributed by atoms with E-state index in [-0.39, 0.29) is 17.7 Å². The monoisotopic (exact) mass is 280 g/mol. The molecule has 0 bridgehead atoms. The fourth-order valence-corrected chi connectivity index (χ4v) is 3.20. The van der Waals surface area contributed by atoms with Crippen LogP contribution in [0.4, 0.5) is 0 Å². The summed E-state index contributed by atoms with van der Waals surface area (Å²) in [5, 5.41) is 0. The maximum atomic E-state index is 12.5. The minimum atomic E-state index is 0.0610. The van der Waals surface area contributed by atoms with E-state index in [0.717, 1.165) is 57.8 Å². The van der Waals surface area contributed by atoms with E-state index in [1.807, 2.05) is 23.6 Å². The van der Waals surface area contributed by atoms with Crippen LogP contribution in [0.1, 0.15) is 46.5 Å². The molecule has 0 aromatic heterocycles. The van der Waals surface area contributed by atoms with Gasteiger partial charge in [0.15, 0.2) is 0 Å². The minimum Gasteiger partial charge on any atom is -0.342 e. The van der Waals surface area contributed by atoms with E-state index in [9.17, 15) is 9.59 Å². The molecule has 0 N–H and O–H groups in total. The van der Waals surface area contributed by atoms with Gasteiger partial charge in [-0.1, -0.05) is 20.8 Å². The average Bonchev–Trinajstić information content (AvgIpc) is 2.46. The Morgan fingerprint density at radius 2 is 1.40 bits per heavy atom. The highest BCUT2D eigenvalue weighted by atomic mass is 16.2. The third-order valence-electron chi connectivity index (χ3n) is 4.75. The van der Waals surface area contributed by atoms with Crippen molar-refractivity contribution in [3.8, 4) is 0 Å². The Balaban J connectivity index is 1.81. The SMILES string of the molecule is CC1CCN(C(=O)C2CCN(C(=O)C(C)C)CC2)CC1. The lowest BCUT2D eigenvalue weighted by Gasteiger charge is -2.37. The zero-order valence-corrected chi connectivity index (χ0v) is 13.1. The van der Waals surface area contributed by atoms with Crippen molar-refractivity contribution in [2.75, 3.05) is 26.2 Å². The first kappa shape index (κ1) is 15.3. The normalized spacial score (nSPS) is 22.4. The Morgan fingerprint density at radius 1 is 0.900 bits per heavy atom. The number of nitrogens with zero attached hydrogens (tertiary/aromatic N) is 2. The van der Waals surface area contributed by atoms with E-state index in [0.29, 0.717) is 5.91 Å². The topological polar surface area (TPSA) is 40.6 Å². The van der Waals surface area contributed by atoms with Gasteiger partial charge >= 0.3 is 0 Å². The second-order valence-electron chi connectivity index (χ2n) is 6.76. The zero-order chi connectivity index (χ0) is 14.7. The molecule has 4 nitrogen and oxygen atoms in total. The molecular formula is C16H28N2O2. The molecule has 20 heavy (non-hydrogen) atoms. The Kier molecular flexibility index (Phi) is 5.06. The molecule has 2 saturated heterocycles. The predicted molar refractivity (Wildman–Crippen MR) is 79.1 cm³/mol. The number of piperidine rings is 2. The van der Waals surface area contributed by atoms with Crippen LogP contribution < -0.4 is 0 Å². The number of hydrogen-bond donors (Lipinski definition) is 0. The Morgan fingerprint density at radius 3 is 1.90 bits per heavy atom. The molecule has 2 rings (SSSR count). The minimum absolute atomic E-state index is 0.0610. The lowest BCUT2D eigenvalue weighted by atomic mass is 9.92. The predicted octanol–water partition coefficient (Wildman–Crippen LogP) is 2.14. The molecule has 0 radical (unpaired) electrons. The van der Waals surface area contributed by atoms with Crippen LogP contribution in [-0.2, 0) is 9.59 Å². The van der Waals surface area contributed by atoms with Gasteiger partial charge in [0.25, 0.3) is 0 Å². The van der Waals surface area contributed by atoms with Crippen molar-refractivity contribution in [2.24, 2.45) is 17.8 Å². The van der Waals surface area contributed by atoms with Gasteiger partial charge < -0.3 is 9.80 Å². The van der Waals surface area contributed by atoms with Crippen molar-refractivity contribution in [3.05, 3.63) is 0 Å². The van der Waals surface area contributed by atoms with E-state index in [1.54, 1.807) is 0 Å². The number of rotatable bonds is 2. The number of carbonyl (C=O) groups excluding carboxylic acids is 2. The summed E-state index contributed by atoms with van der Waals surface area (Å²) in [6, 6.07) is 0.